The molecule has 8 heteroatoms. The molecule has 0 aliphatic rings. The maximum atomic E-state index is 12.6. The monoisotopic (exact) mass is 448 g/mol. The van der Waals surface area contributed by atoms with Crippen LogP contribution in [0.4, 0.5) is 5.69 Å². The summed E-state index contributed by atoms with van der Waals surface area (Å²) in [6.45, 7) is 3.28. The number of ether oxygens (including phenoxy) is 1. The Morgan fingerprint density at radius 1 is 1.17 bits per heavy atom. The summed E-state index contributed by atoms with van der Waals surface area (Å²) in [5.41, 5.74) is 1.29. The van der Waals surface area contributed by atoms with Gasteiger partial charge in [-0.25, -0.2) is 4.79 Å². The summed E-state index contributed by atoms with van der Waals surface area (Å²) in [6.07, 6.45) is 0.849. The Morgan fingerprint density at radius 3 is 2.67 bits per heavy atom. The Balaban J connectivity index is 1.80. The number of amides is 1. The van der Waals surface area contributed by atoms with Crippen molar-refractivity contribution in [2.75, 3.05) is 25.5 Å². The van der Waals surface area contributed by atoms with Crippen molar-refractivity contribution in [2.45, 2.75) is 19.9 Å². The highest BCUT2D eigenvalue weighted by Gasteiger charge is 2.15. The van der Waals surface area contributed by atoms with E-state index < -0.39 is 5.63 Å². The molecule has 0 bridgehead atoms. The van der Waals surface area contributed by atoms with Crippen molar-refractivity contribution in [3.05, 3.63) is 68.5 Å². The van der Waals surface area contributed by atoms with Crippen LogP contribution in [0.3, 0.4) is 0 Å². The van der Waals surface area contributed by atoms with E-state index in [1.54, 1.807) is 31.4 Å². The number of rotatable bonds is 8. The number of nitrogens with zero attached hydrogens (tertiary/aromatic N) is 1. The number of anilines is 1. The summed E-state index contributed by atoms with van der Waals surface area (Å²) >= 11 is 12.0. The van der Waals surface area contributed by atoms with E-state index in [2.05, 4.69) is 5.32 Å². The Kier molecular flexibility index (Phi) is 7.37. The molecular weight excluding hydrogens is 427 g/mol. The Bertz CT molecular complexity index is 1110. The van der Waals surface area contributed by atoms with Gasteiger partial charge in [0.15, 0.2) is 0 Å². The molecule has 0 unspecified atom stereocenters. The van der Waals surface area contributed by atoms with Gasteiger partial charge in [-0.1, -0.05) is 30.1 Å². The maximum Gasteiger partial charge on any atom is 0.336 e. The number of hydrogen-bond donors (Lipinski definition) is 1. The van der Waals surface area contributed by atoms with E-state index in [0.717, 1.165) is 17.4 Å². The maximum absolute atomic E-state index is 12.6. The predicted octanol–water partition coefficient (Wildman–Crippen LogP) is 4.96. The summed E-state index contributed by atoms with van der Waals surface area (Å²) in [4.78, 5) is 26.6. The van der Waals surface area contributed by atoms with Crippen LogP contribution in [0.2, 0.25) is 10.0 Å². The lowest BCUT2D eigenvalue weighted by Gasteiger charge is -2.22. The molecule has 158 valence electrons. The average Bonchev–Trinajstić information content (AvgIpc) is 2.69. The smallest absolute Gasteiger partial charge is 0.336 e. The third-order valence-electron chi connectivity index (χ3n) is 4.54. The fourth-order valence-electron chi connectivity index (χ4n) is 3.22. The lowest BCUT2D eigenvalue weighted by atomic mass is 10.1. The number of fused-ring (bicyclic) bond motifs is 1. The largest absolute Gasteiger partial charge is 0.497 e. The van der Waals surface area contributed by atoms with Crippen LogP contribution in [0.25, 0.3) is 11.0 Å². The van der Waals surface area contributed by atoms with E-state index >= 15 is 0 Å². The topological polar surface area (TPSA) is 71.8 Å². The summed E-state index contributed by atoms with van der Waals surface area (Å²) in [7, 11) is 1.55. The van der Waals surface area contributed by atoms with E-state index in [1.807, 2.05) is 24.0 Å². The van der Waals surface area contributed by atoms with Gasteiger partial charge in [0.25, 0.3) is 0 Å². The third-order valence-corrected chi connectivity index (χ3v) is 5.09. The lowest BCUT2D eigenvalue weighted by molar-refractivity contribution is -0.117. The minimum Gasteiger partial charge on any atom is -0.497 e. The first kappa shape index (κ1) is 22.2. The molecule has 6 nitrogen and oxygen atoms in total. The van der Waals surface area contributed by atoms with E-state index in [0.29, 0.717) is 40.2 Å². The number of benzene rings is 2. The Morgan fingerprint density at radius 2 is 1.97 bits per heavy atom. The van der Waals surface area contributed by atoms with Crippen molar-refractivity contribution in [1.82, 2.24) is 4.90 Å². The van der Waals surface area contributed by atoms with Crippen LogP contribution in [0.5, 0.6) is 5.75 Å². The van der Waals surface area contributed by atoms with E-state index in [4.69, 9.17) is 32.4 Å². The summed E-state index contributed by atoms with van der Waals surface area (Å²) in [6, 6.07) is 11.7. The van der Waals surface area contributed by atoms with Gasteiger partial charge in [-0.2, -0.15) is 0 Å². The SMILES string of the molecule is CCCN(CC(=O)Nc1ccc(Cl)cc1Cl)Cc1cc(=O)oc2cc(OC)ccc12. The summed E-state index contributed by atoms with van der Waals surface area (Å²) in [5.74, 6) is 0.397. The van der Waals surface area contributed by atoms with E-state index in [9.17, 15) is 9.59 Å². The number of nitrogens with one attached hydrogen (secondary N) is 1. The molecule has 1 heterocycles. The van der Waals surface area contributed by atoms with Crippen molar-refractivity contribution in [2.24, 2.45) is 0 Å². The zero-order valence-corrected chi connectivity index (χ0v) is 18.2. The van der Waals surface area contributed by atoms with Gasteiger partial charge < -0.3 is 14.5 Å². The van der Waals surface area contributed by atoms with Gasteiger partial charge >= 0.3 is 5.63 Å². The van der Waals surface area contributed by atoms with Gasteiger partial charge in [-0.15, -0.1) is 0 Å². The number of carbonyl (C=O) groups is 1. The highest BCUT2D eigenvalue weighted by atomic mass is 35.5. The fraction of sp³-hybridized carbons (Fsp3) is 0.273. The fourth-order valence-corrected chi connectivity index (χ4v) is 3.68. The minimum atomic E-state index is -0.445. The van der Waals surface area contributed by atoms with Crippen LogP contribution in [-0.2, 0) is 11.3 Å². The Labute approximate surface area is 184 Å². The molecule has 30 heavy (non-hydrogen) atoms. The van der Waals surface area contributed by atoms with Crippen LogP contribution < -0.4 is 15.7 Å². The summed E-state index contributed by atoms with van der Waals surface area (Å²) < 4.78 is 10.5. The molecule has 0 atom stereocenters. The van der Waals surface area contributed by atoms with Crippen molar-refractivity contribution in [3.8, 4) is 5.75 Å². The molecule has 2 aromatic carbocycles. The number of halogens is 2. The zero-order valence-electron chi connectivity index (χ0n) is 16.7. The van der Waals surface area contributed by atoms with Crippen LogP contribution in [0.15, 0.2) is 51.7 Å². The second-order valence-electron chi connectivity index (χ2n) is 6.84. The molecule has 0 aliphatic heterocycles. The second kappa shape index (κ2) is 9.98. The lowest BCUT2D eigenvalue weighted by Crippen LogP contribution is -2.33. The number of hydrogen-bond acceptors (Lipinski definition) is 5. The number of methoxy groups -OCH3 is 1. The first-order valence-electron chi connectivity index (χ1n) is 9.47. The standard InChI is InChI=1S/C22H22Cl2N2O4/c1-3-8-26(13-21(27)25-19-7-4-15(23)10-18(19)24)12-14-9-22(28)30-20-11-16(29-2)5-6-17(14)20/h4-7,9-11H,3,8,12-13H2,1-2H3,(H,25,27). The highest BCUT2D eigenvalue weighted by Crippen LogP contribution is 2.26. The van der Waals surface area contributed by atoms with Crippen molar-refractivity contribution in [3.63, 3.8) is 0 Å². The van der Waals surface area contributed by atoms with Crippen LogP contribution in [-0.4, -0.2) is 31.0 Å². The minimum absolute atomic E-state index is 0.144. The van der Waals surface area contributed by atoms with Gasteiger partial charge in [-0.3, -0.25) is 9.69 Å². The van der Waals surface area contributed by atoms with E-state index in [-0.39, 0.29) is 12.5 Å². The third kappa shape index (κ3) is 5.53. The molecule has 1 N–H and O–H groups in total. The molecule has 0 aliphatic carbocycles. The normalized spacial score (nSPS) is 11.1. The molecule has 0 spiro atoms. The second-order valence-corrected chi connectivity index (χ2v) is 7.68. The van der Waals surface area contributed by atoms with Gasteiger partial charge in [0, 0.05) is 29.1 Å². The van der Waals surface area contributed by atoms with Gasteiger partial charge in [-0.05, 0) is 48.9 Å². The van der Waals surface area contributed by atoms with Crippen LogP contribution in [0.1, 0.15) is 18.9 Å². The molecule has 0 fully saturated rings. The van der Waals surface area contributed by atoms with E-state index in [1.165, 1.54) is 6.07 Å². The first-order valence-corrected chi connectivity index (χ1v) is 10.2. The van der Waals surface area contributed by atoms with Crippen LogP contribution in [0, 0.1) is 0 Å². The van der Waals surface area contributed by atoms with Crippen molar-refractivity contribution in [1.29, 1.82) is 0 Å². The van der Waals surface area contributed by atoms with Crippen molar-refractivity contribution < 1.29 is 13.9 Å². The summed E-state index contributed by atoms with van der Waals surface area (Å²) in [5, 5.41) is 4.48. The van der Waals surface area contributed by atoms with Gasteiger partial charge in [0.2, 0.25) is 5.91 Å². The van der Waals surface area contributed by atoms with Gasteiger partial charge in [0.1, 0.15) is 11.3 Å². The molecule has 0 radical (unpaired) electrons. The zero-order chi connectivity index (χ0) is 21.7. The molecule has 3 rings (SSSR count). The molecule has 0 saturated carbocycles. The van der Waals surface area contributed by atoms with Crippen molar-refractivity contribution >= 4 is 45.8 Å². The first-order chi connectivity index (χ1) is 14.4. The van der Waals surface area contributed by atoms with Gasteiger partial charge in [0.05, 0.1) is 24.4 Å². The predicted molar refractivity (Wildman–Crippen MR) is 120 cm³/mol. The highest BCUT2D eigenvalue weighted by molar-refractivity contribution is 6.36. The molecule has 0 saturated heterocycles. The molecule has 1 amide bonds. The molecule has 1 aromatic heterocycles. The number of carbonyl (C=O) groups excluding carboxylic acids is 1. The Hall–Kier alpha value is -2.54. The average molecular weight is 449 g/mol. The van der Waals surface area contributed by atoms with Crippen LogP contribution >= 0.6 is 23.2 Å². The molecular formula is C22H22Cl2N2O4. The molecule has 3 aromatic rings. The quantitative estimate of drug-likeness (QED) is 0.493.